The molecule has 0 aliphatic carbocycles. The number of thioether (sulfide) groups is 1. The van der Waals surface area contributed by atoms with E-state index in [1.807, 2.05) is 30.3 Å². The molecule has 0 bridgehead atoms. The number of urea groups is 1. The zero-order valence-electron chi connectivity index (χ0n) is 27.5. The van der Waals surface area contributed by atoms with Crippen LogP contribution >= 0.6 is 11.8 Å². The monoisotopic (exact) mass is 680 g/mol. The van der Waals surface area contributed by atoms with E-state index in [4.69, 9.17) is 4.74 Å². The first-order valence-electron chi connectivity index (χ1n) is 15.7. The van der Waals surface area contributed by atoms with Crippen molar-refractivity contribution in [3.05, 3.63) is 84.2 Å². The molecule has 0 saturated carbocycles. The van der Waals surface area contributed by atoms with Gasteiger partial charge in [-0.25, -0.2) is 14.5 Å². The Morgan fingerprint density at radius 2 is 1.77 bits per heavy atom. The number of carbonyl (C=O) groups excluding carboxylic acids is 1. The van der Waals surface area contributed by atoms with Gasteiger partial charge in [-0.3, -0.25) is 0 Å². The Hall–Kier alpha value is -4.52. The second-order valence-corrected chi connectivity index (χ2v) is 13.1. The zero-order valence-corrected chi connectivity index (χ0v) is 28.3. The van der Waals surface area contributed by atoms with Crippen molar-refractivity contribution in [3.8, 4) is 28.6 Å². The molecule has 1 saturated heterocycles. The molecular weight excluding hydrogens is 641 g/mol. The Balaban J connectivity index is 1.17. The van der Waals surface area contributed by atoms with Crippen LogP contribution in [0.3, 0.4) is 0 Å². The highest BCUT2D eigenvalue weighted by atomic mass is 32.2. The number of nitrogens with one attached hydrogen (secondary N) is 1. The number of alkyl halides is 3. The molecule has 2 atom stereocenters. The van der Waals surface area contributed by atoms with Gasteiger partial charge >= 0.3 is 12.4 Å². The summed E-state index contributed by atoms with van der Waals surface area (Å²) in [5.41, 5.74) is 4.63. The average molecular weight is 681 g/mol. The molecule has 13 heteroatoms. The van der Waals surface area contributed by atoms with Crippen molar-refractivity contribution in [2.75, 3.05) is 24.3 Å². The molecule has 0 radical (unpaired) electrons. The number of amidine groups is 1. The van der Waals surface area contributed by atoms with Crippen LogP contribution in [0.25, 0.3) is 17.1 Å². The minimum Gasteiger partial charge on any atom is -0.497 e. The number of halogens is 3. The standard InChI is InChI=1S/C35H39F3N6O3S/c1-22(2)30-19-29(46-5)14-15-31(30)44-24(4)16-17-48-34(44)41-33(45)39-20-23(3)18-25-6-8-26(9-7-25)32-40-21-43(42-32)27-10-12-28(13-11-27)47-35(36,37)38/h6-15,19,21-24H,16-18,20H2,1-5H3,(H,39,45)/b41-34-. The molecule has 2 amide bonds. The number of aliphatic imine (C=N–C) groups is 1. The van der Waals surface area contributed by atoms with Crippen molar-refractivity contribution in [1.82, 2.24) is 20.1 Å². The summed E-state index contributed by atoms with van der Waals surface area (Å²) in [7, 11) is 1.66. The molecule has 9 nitrogen and oxygen atoms in total. The van der Waals surface area contributed by atoms with Gasteiger partial charge in [0.2, 0.25) is 0 Å². The van der Waals surface area contributed by atoms with Crippen molar-refractivity contribution in [1.29, 1.82) is 0 Å². The van der Waals surface area contributed by atoms with Crippen LogP contribution in [-0.4, -0.2) is 57.8 Å². The number of methoxy groups -OCH3 is 1. The van der Waals surface area contributed by atoms with E-state index < -0.39 is 6.36 Å². The van der Waals surface area contributed by atoms with Gasteiger partial charge in [0, 0.05) is 29.6 Å². The SMILES string of the molecule is COc1ccc(N2/C(=N/C(=O)NCC(C)Cc3ccc(-c4ncn(-c5ccc(OC(F)(F)F)cc5)n4)cc3)SCCC2C)c(C(C)C)c1. The van der Waals surface area contributed by atoms with Crippen LogP contribution in [0.4, 0.5) is 23.7 Å². The highest BCUT2D eigenvalue weighted by Gasteiger charge is 2.31. The molecule has 2 heterocycles. The lowest BCUT2D eigenvalue weighted by Gasteiger charge is -2.37. The Kier molecular flexibility index (Phi) is 11.0. The summed E-state index contributed by atoms with van der Waals surface area (Å²) in [4.78, 5) is 24.1. The van der Waals surface area contributed by atoms with Gasteiger partial charge in [-0.15, -0.1) is 18.3 Å². The van der Waals surface area contributed by atoms with Gasteiger partial charge in [-0.1, -0.05) is 56.8 Å². The molecule has 3 aromatic carbocycles. The van der Waals surface area contributed by atoms with Crippen LogP contribution in [0.5, 0.6) is 11.5 Å². The van der Waals surface area contributed by atoms with Gasteiger partial charge in [-0.05, 0) is 85.2 Å². The maximum absolute atomic E-state index is 13.0. The van der Waals surface area contributed by atoms with E-state index in [1.54, 1.807) is 18.9 Å². The van der Waals surface area contributed by atoms with Crippen molar-refractivity contribution in [2.24, 2.45) is 10.9 Å². The molecular formula is C35H39F3N6O3S. The smallest absolute Gasteiger partial charge is 0.497 e. The molecule has 4 aromatic rings. The molecule has 0 spiro atoms. The second-order valence-electron chi connectivity index (χ2n) is 12.1. The van der Waals surface area contributed by atoms with Crippen LogP contribution in [-0.2, 0) is 6.42 Å². The molecule has 48 heavy (non-hydrogen) atoms. The third kappa shape index (κ3) is 8.88. The predicted octanol–water partition coefficient (Wildman–Crippen LogP) is 8.24. The van der Waals surface area contributed by atoms with Crippen LogP contribution in [0.1, 0.15) is 51.2 Å². The number of carbonyl (C=O) groups is 1. The molecule has 1 aromatic heterocycles. The lowest BCUT2D eigenvalue weighted by molar-refractivity contribution is -0.274. The fourth-order valence-corrected chi connectivity index (χ4v) is 6.65. The van der Waals surface area contributed by atoms with Gasteiger partial charge in [-0.2, -0.15) is 4.99 Å². The van der Waals surface area contributed by atoms with E-state index in [9.17, 15) is 18.0 Å². The quantitative estimate of drug-likeness (QED) is 0.180. The molecule has 2 unspecified atom stereocenters. The summed E-state index contributed by atoms with van der Waals surface area (Å²) in [6.45, 7) is 9.00. The van der Waals surface area contributed by atoms with E-state index in [0.29, 0.717) is 23.2 Å². The van der Waals surface area contributed by atoms with Crippen LogP contribution in [0.15, 0.2) is 78.0 Å². The van der Waals surface area contributed by atoms with E-state index in [0.717, 1.165) is 46.7 Å². The minimum absolute atomic E-state index is 0.157. The normalized spacial score (nSPS) is 16.6. The zero-order chi connectivity index (χ0) is 34.4. The van der Waals surface area contributed by atoms with Crippen molar-refractivity contribution in [2.45, 2.75) is 58.9 Å². The number of rotatable bonds is 10. The second kappa shape index (κ2) is 15.1. The van der Waals surface area contributed by atoms with E-state index in [-0.39, 0.29) is 29.7 Å². The van der Waals surface area contributed by atoms with Crippen molar-refractivity contribution >= 4 is 28.6 Å². The highest BCUT2D eigenvalue weighted by molar-refractivity contribution is 8.14. The first-order chi connectivity index (χ1) is 22.9. The Morgan fingerprint density at radius 1 is 1.06 bits per heavy atom. The Labute approximate surface area is 282 Å². The number of aromatic nitrogens is 3. The number of hydrogen-bond acceptors (Lipinski definition) is 6. The van der Waals surface area contributed by atoms with Gasteiger partial charge in [0.25, 0.3) is 0 Å². The van der Waals surface area contributed by atoms with Gasteiger partial charge in [0.15, 0.2) is 11.0 Å². The first-order valence-corrected chi connectivity index (χ1v) is 16.7. The highest BCUT2D eigenvalue weighted by Crippen LogP contribution is 2.37. The van der Waals surface area contributed by atoms with Crippen LogP contribution in [0, 0.1) is 5.92 Å². The summed E-state index contributed by atoms with van der Waals surface area (Å²) in [6.07, 6.45) is -1.52. The number of benzene rings is 3. The molecule has 1 fully saturated rings. The van der Waals surface area contributed by atoms with Crippen LogP contribution in [0.2, 0.25) is 0 Å². The van der Waals surface area contributed by atoms with Crippen LogP contribution < -0.4 is 19.7 Å². The van der Waals surface area contributed by atoms with Gasteiger partial charge in [0.05, 0.1) is 12.8 Å². The lowest BCUT2D eigenvalue weighted by Crippen LogP contribution is -2.43. The Morgan fingerprint density at radius 3 is 2.44 bits per heavy atom. The average Bonchev–Trinajstić information content (AvgIpc) is 3.54. The third-order valence-electron chi connectivity index (χ3n) is 7.95. The summed E-state index contributed by atoms with van der Waals surface area (Å²) >= 11 is 1.60. The fraction of sp³-hybridized carbons (Fsp3) is 0.371. The summed E-state index contributed by atoms with van der Waals surface area (Å²) < 4.78 is 48.2. The van der Waals surface area contributed by atoms with Crippen molar-refractivity contribution in [3.63, 3.8) is 0 Å². The molecule has 1 N–H and O–H groups in total. The molecule has 5 rings (SSSR count). The van der Waals surface area contributed by atoms with E-state index in [2.05, 4.69) is 69.9 Å². The topological polar surface area (TPSA) is 93.9 Å². The lowest BCUT2D eigenvalue weighted by atomic mass is 9.99. The van der Waals surface area contributed by atoms with E-state index >= 15 is 0 Å². The number of ether oxygens (including phenoxy) is 2. The maximum Gasteiger partial charge on any atom is 0.573 e. The van der Waals surface area contributed by atoms with Gasteiger partial charge < -0.3 is 19.7 Å². The number of hydrogen-bond donors (Lipinski definition) is 1. The van der Waals surface area contributed by atoms with Gasteiger partial charge in [0.1, 0.15) is 17.8 Å². The minimum atomic E-state index is -4.75. The largest absolute Gasteiger partial charge is 0.573 e. The maximum atomic E-state index is 13.0. The number of amides is 2. The summed E-state index contributed by atoms with van der Waals surface area (Å²) in [5, 5.41) is 8.15. The first kappa shape index (κ1) is 34.8. The number of anilines is 1. The van der Waals surface area contributed by atoms with E-state index in [1.165, 1.54) is 35.3 Å². The summed E-state index contributed by atoms with van der Waals surface area (Å²) in [5.74, 6) is 2.30. The molecule has 254 valence electrons. The number of nitrogens with zero attached hydrogens (tertiary/aromatic N) is 5. The fourth-order valence-electron chi connectivity index (χ4n) is 5.45. The third-order valence-corrected chi connectivity index (χ3v) is 8.94. The molecule has 1 aliphatic rings. The summed E-state index contributed by atoms with van der Waals surface area (Å²) in [6, 6.07) is 19.1. The Bertz CT molecular complexity index is 1720. The predicted molar refractivity (Wildman–Crippen MR) is 183 cm³/mol. The van der Waals surface area contributed by atoms with Crippen molar-refractivity contribution < 1.29 is 27.4 Å². The molecule has 1 aliphatic heterocycles.